The summed E-state index contributed by atoms with van der Waals surface area (Å²) in [6, 6.07) is 7.63. The number of aryl methyl sites for hydroxylation is 1. The van der Waals surface area contributed by atoms with Crippen LogP contribution in [0.2, 0.25) is 0 Å². The molecule has 34 heavy (non-hydrogen) atoms. The molecule has 5 N–H and O–H groups in total. The molecule has 0 saturated heterocycles. The van der Waals surface area contributed by atoms with E-state index in [9.17, 15) is 23.9 Å². The Hall–Kier alpha value is -3.99. The Morgan fingerprint density at radius 2 is 1.79 bits per heavy atom. The van der Waals surface area contributed by atoms with Gasteiger partial charge in [0.05, 0.1) is 12.1 Å². The zero-order valence-electron chi connectivity index (χ0n) is 18.3. The average molecular weight is 472 g/mol. The molecule has 2 amide bonds. The van der Waals surface area contributed by atoms with E-state index >= 15 is 0 Å². The summed E-state index contributed by atoms with van der Waals surface area (Å²) in [7, 11) is 0. The van der Waals surface area contributed by atoms with Crippen LogP contribution in [0.5, 0.6) is 5.75 Å². The second-order valence-corrected chi connectivity index (χ2v) is 7.61. The Balaban J connectivity index is 2.01. The van der Waals surface area contributed by atoms with E-state index < -0.39 is 28.9 Å². The first kappa shape index (κ1) is 24.6. The Morgan fingerprint density at radius 1 is 1.06 bits per heavy atom. The molecule has 2 heterocycles. The van der Waals surface area contributed by atoms with Crippen LogP contribution in [0.25, 0.3) is 11.0 Å². The van der Waals surface area contributed by atoms with Crippen LogP contribution in [-0.2, 0) is 13.0 Å². The molecule has 0 atom stereocenters. The summed E-state index contributed by atoms with van der Waals surface area (Å²) in [5.74, 6) is -1.76. The molecule has 0 aliphatic heterocycles. The molecule has 0 spiro atoms. The van der Waals surface area contributed by atoms with Crippen molar-refractivity contribution in [2.45, 2.75) is 25.8 Å². The van der Waals surface area contributed by atoms with Gasteiger partial charge in [-0.05, 0) is 48.6 Å². The number of aliphatic hydroxyl groups is 1. The number of aliphatic hydroxyl groups excluding tert-OH is 1. The molecule has 0 aliphatic carbocycles. The number of unbranched alkanes of at least 4 members (excludes halogenated alkanes) is 1. The van der Waals surface area contributed by atoms with Gasteiger partial charge in [0.25, 0.3) is 11.5 Å². The summed E-state index contributed by atoms with van der Waals surface area (Å²) in [6.45, 7) is -0.0899. The summed E-state index contributed by atoms with van der Waals surface area (Å²) in [4.78, 5) is 40.6. The van der Waals surface area contributed by atoms with E-state index in [1.807, 2.05) is 0 Å². The zero-order valence-corrected chi connectivity index (χ0v) is 18.3. The molecule has 0 aliphatic rings. The number of rotatable bonds is 10. The molecule has 0 saturated carbocycles. The maximum Gasteiger partial charge on any atom is 0.404 e. The minimum absolute atomic E-state index is 0.0558. The first-order valence-electron chi connectivity index (χ1n) is 10.7. The topological polar surface area (TPSA) is 154 Å². The number of carbonyl (C=O) groups is 2. The molecule has 1 aromatic carbocycles. The van der Waals surface area contributed by atoms with E-state index in [-0.39, 0.29) is 37.6 Å². The van der Waals surface area contributed by atoms with Gasteiger partial charge in [-0.25, -0.2) is 9.18 Å². The average Bonchev–Trinajstić information content (AvgIpc) is 2.80. The quantitative estimate of drug-likeness (QED) is 0.281. The van der Waals surface area contributed by atoms with Crippen molar-refractivity contribution in [1.82, 2.24) is 20.2 Å². The first-order chi connectivity index (χ1) is 16.3. The highest BCUT2D eigenvalue weighted by Gasteiger charge is 2.23. The lowest BCUT2D eigenvalue weighted by Gasteiger charge is -2.15. The zero-order chi connectivity index (χ0) is 24.7. The van der Waals surface area contributed by atoms with Crippen LogP contribution in [0, 0.1) is 5.82 Å². The molecule has 0 unspecified atom stereocenters. The van der Waals surface area contributed by atoms with Crippen LogP contribution in [0.3, 0.4) is 0 Å². The lowest BCUT2D eigenvalue weighted by atomic mass is 10.0. The van der Waals surface area contributed by atoms with Gasteiger partial charge in [0.2, 0.25) is 0 Å². The number of carbonyl (C=O) groups excluding carboxylic acids is 1. The van der Waals surface area contributed by atoms with Crippen molar-refractivity contribution in [1.29, 1.82) is 0 Å². The van der Waals surface area contributed by atoms with Crippen LogP contribution in [0.15, 0.2) is 41.3 Å². The van der Waals surface area contributed by atoms with Crippen LogP contribution < -0.4 is 16.2 Å². The number of benzene rings is 1. The van der Waals surface area contributed by atoms with E-state index in [4.69, 9.17) is 10.2 Å². The number of nitrogens with one attached hydrogen (secondary N) is 2. The van der Waals surface area contributed by atoms with Crippen LogP contribution in [0.1, 0.15) is 34.3 Å². The number of carboxylic acid groups (broad SMARTS) is 1. The van der Waals surface area contributed by atoms with Gasteiger partial charge in [0, 0.05) is 25.8 Å². The van der Waals surface area contributed by atoms with E-state index in [2.05, 4.69) is 15.6 Å². The predicted octanol–water partition coefficient (Wildman–Crippen LogP) is 1.60. The van der Waals surface area contributed by atoms with Gasteiger partial charge >= 0.3 is 6.09 Å². The lowest BCUT2D eigenvalue weighted by molar-refractivity contribution is 0.0940. The van der Waals surface area contributed by atoms with Crippen LogP contribution >= 0.6 is 0 Å². The van der Waals surface area contributed by atoms with Gasteiger partial charge < -0.3 is 30.5 Å². The number of pyridine rings is 2. The van der Waals surface area contributed by atoms with E-state index in [0.717, 1.165) is 5.56 Å². The summed E-state index contributed by atoms with van der Waals surface area (Å²) in [5, 5.41) is 33.0. The summed E-state index contributed by atoms with van der Waals surface area (Å²) in [6.07, 6.45) is 1.62. The maximum atomic E-state index is 13.2. The molecule has 0 radical (unpaired) electrons. The molecule has 3 aromatic rings. The molecule has 0 fully saturated rings. The van der Waals surface area contributed by atoms with Crippen molar-refractivity contribution in [3.05, 3.63) is 69.4 Å². The molecule has 3 rings (SSSR count). The molecular formula is C23H25FN4O6. The Labute approximate surface area is 193 Å². The van der Waals surface area contributed by atoms with Gasteiger partial charge in [-0.2, -0.15) is 0 Å². The molecule has 180 valence electrons. The second-order valence-electron chi connectivity index (χ2n) is 7.61. The largest absolute Gasteiger partial charge is 0.505 e. The summed E-state index contributed by atoms with van der Waals surface area (Å²) >= 11 is 0. The fourth-order valence-corrected chi connectivity index (χ4v) is 3.56. The second kappa shape index (κ2) is 11.2. The fourth-order valence-electron chi connectivity index (χ4n) is 3.56. The third kappa shape index (κ3) is 5.87. The van der Waals surface area contributed by atoms with Gasteiger partial charge in [-0.15, -0.1) is 0 Å². The number of aromatic hydroxyl groups is 1. The smallest absolute Gasteiger partial charge is 0.404 e. The van der Waals surface area contributed by atoms with Crippen molar-refractivity contribution >= 4 is 23.0 Å². The van der Waals surface area contributed by atoms with E-state index in [1.54, 1.807) is 18.2 Å². The van der Waals surface area contributed by atoms with Crippen molar-refractivity contribution in [3.63, 3.8) is 0 Å². The van der Waals surface area contributed by atoms with E-state index in [0.29, 0.717) is 30.3 Å². The number of halogens is 1. The lowest BCUT2D eigenvalue weighted by Crippen LogP contribution is -2.35. The van der Waals surface area contributed by atoms with Gasteiger partial charge in [-0.3, -0.25) is 14.6 Å². The van der Waals surface area contributed by atoms with Crippen molar-refractivity contribution in [2.75, 3.05) is 19.7 Å². The number of hydrogen-bond donors (Lipinski definition) is 5. The maximum absolute atomic E-state index is 13.2. The number of fused-ring (bicyclic) bond motifs is 1. The van der Waals surface area contributed by atoms with Gasteiger partial charge in [-0.1, -0.05) is 12.1 Å². The first-order valence-corrected chi connectivity index (χ1v) is 10.7. The standard InChI is InChI=1S/C23H25FN4O6/c24-16-5-3-14(4-6-16)11-15-12-17-19(27-13-15)20(30)18(21(31)25-8-10-29)22(32)28(17)9-2-1-7-26-23(33)34/h3-6,12-13,26,29-30H,1-2,7-11H2,(H,25,31)(H,33,34). The van der Waals surface area contributed by atoms with Crippen molar-refractivity contribution in [3.8, 4) is 5.75 Å². The predicted molar refractivity (Wildman–Crippen MR) is 122 cm³/mol. The van der Waals surface area contributed by atoms with Crippen molar-refractivity contribution < 1.29 is 29.3 Å². The molecular weight excluding hydrogens is 447 g/mol. The number of hydrogen-bond acceptors (Lipinski definition) is 6. The normalized spacial score (nSPS) is 10.9. The molecule has 10 nitrogen and oxygen atoms in total. The molecule has 11 heteroatoms. The van der Waals surface area contributed by atoms with Gasteiger partial charge in [0.1, 0.15) is 16.9 Å². The third-order valence-electron chi connectivity index (χ3n) is 5.17. The fraction of sp³-hybridized carbons (Fsp3) is 0.304. The highest BCUT2D eigenvalue weighted by molar-refractivity contribution is 6.01. The minimum atomic E-state index is -1.15. The van der Waals surface area contributed by atoms with E-state index in [1.165, 1.54) is 22.9 Å². The Kier molecular flexibility index (Phi) is 8.14. The molecule has 0 bridgehead atoms. The van der Waals surface area contributed by atoms with Crippen LogP contribution in [0.4, 0.5) is 9.18 Å². The minimum Gasteiger partial charge on any atom is -0.505 e. The highest BCUT2D eigenvalue weighted by atomic mass is 19.1. The van der Waals surface area contributed by atoms with Crippen LogP contribution in [-0.4, -0.2) is 56.6 Å². The van der Waals surface area contributed by atoms with Gasteiger partial charge in [0.15, 0.2) is 5.75 Å². The molecule has 2 aromatic heterocycles. The summed E-state index contributed by atoms with van der Waals surface area (Å²) < 4.78 is 14.5. The third-order valence-corrected chi connectivity index (χ3v) is 5.17. The highest BCUT2D eigenvalue weighted by Crippen LogP contribution is 2.26. The monoisotopic (exact) mass is 472 g/mol. The van der Waals surface area contributed by atoms with Crippen molar-refractivity contribution in [2.24, 2.45) is 0 Å². The number of amides is 2. The Bertz CT molecular complexity index is 1240. The Morgan fingerprint density at radius 3 is 2.47 bits per heavy atom. The number of nitrogens with zero attached hydrogens (tertiary/aromatic N) is 2. The summed E-state index contributed by atoms with van der Waals surface area (Å²) in [5.41, 5.74) is 0.681. The number of aromatic nitrogens is 2. The SMILES string of the molecule is O=C(O)NCCCCn1c(=O)c(C(=O)NCCO)c(O)c2ncc(Cc3ccc(F)cc3)cc21.